The van der Waals surface area contributed by atoms with Crippen molar-refractivity contribution < 1.29 is 9.53 Å². The van der Waals surface area contributed by atoms with Crippen molar-refractivity contribution >= 4 is 17.3 Å². The molecule has 5 heteroatoms. The lowest BCUT2D eigenvalue weighted by Crippen LogP contribution is -2.44. The van der Waals surface area contributed by atoms with Gasteiger partial charge in [0.25, 0.3) is 5.91 Å². The molecular weight excluding hydrogens is 326 g/mol. The Morgan fingerprint density at radius 2 is 1.69 bits per heavy atom. The van der Waals surface area contributed by atoms with Gasteiger partial charge in [0.1, 0.15) is 5.75 Å². The highest BCUT2D eigenvalue weighted by atomic mass is 16.5. The molecule has 26 heavy (non-hydrogen) atoms. The quantitative estimate of drug-likeness (QED) is 0.866. The van der Waals surface area contributed by atoms with Crippen molar-refractivity contribution in [1.29, 1.82) is 0 Å². The topological polar surface area (TPSA) is 44.8 Å². The molecule has 0 aliphatic carbocycles. The average molecular weight is 353 g/mol. The molecular formula is C21H27N3O2. The van der Waals surface area contributed by atoms with Crippen molar-refractivity contribution in [3.05, 3.63) is 54.6 Å². The second kappa shape index (κ2) is 8.72. The molecule has 2 aromatic carbocycles. The van der Waals surface area contributed by atoms with Crippen molar-refractivity contribution in [2.75, 3.05) is 43.4 Å². The highest BCUT2D eigenvalue weighted by Gasteiger charge is 2.19. The van der Waals surface area contributed by atoms with E-state index in [1.807, 2.05) is 49.4 Å². The number of amides is 1. The molecule has 0 aromatic heterocycles. The maximum Gasteiger partial charge on any atom is 0.265 e. The first kappa shape index (κ1) is 18.3. The van der Waals surface area contributed by atoms with Crippen molar-refractivity contribution in [1.82, 2.24) is 4.90 Å². The Bertz CT molecular complexity index is 695. The van der Waals surface area contributed by atoms with E-state index >= 15 is 0 Å². The number of hydrogen-bond donors (Lipinski definition) is 1. The van der Waals surface area contributed by atoms with Crippen LogP contribution in [-0.2, 0) is 4.79 Å². The third kappa shape index (κ3) is 4.76. The van der Waals surface area contributed by atoms with Gasteiger partial charge < -0.3 is 19.9 Å². The van der Waals surface area contributed by atoms with E-state index < -0.39 is 6.10 Å². The van der Waals surface area contributed by atoms with Gasteiger partial charge in [-0.3, -0.25) is 4.79 Å². The number of carbonyl (C=O) groups excluding carboxylic acids is 1. The van der Waals surface area contributed by atoms with E-state index in [0.717, 1.165) is 31.9 Å². The van der Waals surface area contributed by atoms with Gasteiger partial charge in [-0.1, -0.05) is 25.1 Å². The van der Waals surface area contributed by atoms with Crippen LogP contribution in [0.4, 0.5) is 11.4 Å². The SMILES string of the molecule is CC[C@@H](Oc1ccccc1)C(=O)Nc1ccc(N2CCN(C)CC2)cc1. The first-order valence-corrected chi connectivity index (χ1v) is 9.22. The number of carbonyl (C=O) groups is 1. The Kier molecular flexibility index (Phi) is 6.12. The molecule has 0 radical (unpaired) electrons. The normalized spacial score (nSPS) is 16.2. The molecule has 1 aliphatic rings. The Morgan fingerprint density at radius 1 is 1.04 bits per heavy atom. The summed E-state index contributed by atoms with van der Waals surface area (Å²) in [6.07, 6.45) is 0.106. The van der Waals surface area contributed by atoms with Gasteiger partial charge in [0.05, 0.1) is 0 Å². The second-order valence-electron chi connectivity index (χ2n) is 6.65. The van der Waals surface area contributed by atoms with Crippen molar-refractivity contribution in [3.63, 3.8) is 0 Å². The summed E-state index contributed by atoms with van der Waals surface area (Å²) in [5.41, 5.74) is 1.99. The third-order valence-corrected chi connectivity index (χ3v) is 4.69. The maximum atomic E-state index is 12.5. The molecule has 0 saturated carbocycles. The number of hydrogen-bond acceptors (Lipinski definition) is 4. The van der Waals surface area contributed by atoms with Gasteiger partial charge in [-0.15, -0.1) is 0 Å². The molecule has 1 aliphatic heterocycles. The number of likely N-dealkylation sites (N-methyl/N-ethyl adjacent to an activating group) is 1. The first-order chi connectivity index (χ1) is 12.7. The Balaban J connectivity index is 1.58. The molecule has 1 saturated heterocycles. The average Bonchev–Trinajstić information content (AvgIpc) is 2.68. The maximum absolute atomic E-state index is 12.5. The largest absolute Gasteiger partial charge is 0.481 e. The molecule has 1 N–H and O–H groups in total. The van der Waals surface area contributed by atoms with Crippen molar-refractivity contribution in [2.24, 2.45) is 0 Å². The summed E-state index contributed by atoms with van der Waals surface area (Å²) in [5, 5.41) is 2.96. The molecule has 1 fully saturated rings. The third-order valence-electron chi connectivity index (χ3n) is 4.69. The second-order valence-corrected chi connectivity index (χ2v) is 6.65. The lowest BCUT2D eigenvalue weighted by molar-refractivity contribution is -0.122. The van der Waals surface area contributed by atoms with E-state index in [1.54, 1.807) is 0 Å². The standard InChI is InChI=1S/C21H27N3O2/c1-3-20(26-19-7-5-4-6-8-19)21(25)22-17-9-11-18(12-10-17)24-15-13-23(2)14-16-24/h4-12,20H,3,13-16H2,1-2H3,(H,22,25)/t20-/m1/s1. The van der Waals surface area contributed by atoms with Crippen LogP contribution in [0, 0.1) is 0 Å². The summed E-state index contributed by atoms with van der Waals surface area (Å²) >= 11 is 0. The van der Waals surface area contributed by atoms with Crippen LogP contribution < -0.4 is 15.0 Å². The zero-order valence-electron chi connectivity index (χ0n) is 15.5. The summed E-state index contributed by atoms with van der Waals surface area (Å²) < 4.78 is 5.80. The molecule has 1 amide bonds. The van der Waals surface area contributed by atoms with E-state index in [4.69, 9.17) is 4.74 Å². The molecule has 1 heterocycles. The van der Waals surface area contributed by atoms with Gasteiger partial charge in [0.15, 0.2) is 6.10 Å². The van der Waals surface area contributed by atoms with Gasteiger partial charge >= 0.3 is 0 Å². The monoisotopic (exact) mass is 353 g/mol. The zero-order valence-corrected chi connectivity index (χ0v) is 15.5. The van der Waals surface area contributed by atoms with Crippen LogP contribution in [0.15, 0.2) is 54.6 Å². The highest BCUT2D eigenvalue weighted by Crippen LogP contribution is 2.20. The predicted octanol–water partition coefficient (Wildman–Crippen LogP) is 3.23. The summed E-state index contributed by atoms with van der Waals surface area (Å²) in [6.45, 7) is 6.17. The number of piperazine rings is 1. The minimum absolute atomic E-state index is 0.122. The van der Waals surface area contributed by atoms with Crippen LogP contribution in [-0.4, -0.2) is 50.1 Å². The number of para-hydroxylation sites is 1. The molecule has 138 valence electrons. The molecule has 2 aromatic rings. The minimum atomic E-state index is -0.505. The number of nitrogens with zero attached hydrogens (tertiary/aromatic N) is 2. The van der Waals surface area contributed by atoms with Gasteiger partial charge in [0.2, 0.25) is 0 Å². The molecule has 1 atom stereocenters. The number of anilines is 2. The number of rotatable bonds is 6. The number of nitrogens with one attached hydrogen (secondary N) is 1. The molecule has 0 bridgehead atoms. The minimum Gasteiger partial charge on any atom is -0.481 e. The van der Waals surface area contributed by atoms with Crippen LogP contribution in [0.5, 0.6) is 5.75 Å². The fraction of sp³-hybridized carbons (Fsp3) is 0.381. The zero-order chi connectivity index (χ0) is 18.4. The molecule has 0 unspecified atom stereocenters. The van der Waals surface area contributed by atoms with Crippen molar-refractivity contribution in [2.45, 2.75) is 19.4 Å². The van der Waals surface area contributed by atoms with E-state index in [9.17, 15) is 4.79 Å². The molecule has 5 nitrogen and oxygen atoms in total. The van der Waals surface area contributed by atoms with Gasteiger partial charge in [-0.25, -0.2) is 0 Å². The predicted molar refractivity (Wildman–Crippen MR) is 106 cm³/mol. The first-order valence-electron chi connectivity index (χ1n) is 9.22. The van der Waals surface area contributed by atoms with Crippen LogP contribution in [0.25, 0.3) is 0 Å². The van der Waals surface area contributed by atoms with E-state index in [-0.39, 0.29) is 5.91 Å². The van der Waals surface area contributed by atoms with Crippen LogP contribution >= 0.6 is 0 Å². The number of ether oxygens (including phenoxy) is 1. The van der Waals surface area contributed by atoms with Gasteiger partial charge in [0, 0.05) is 37.6 Å². The highest BCUT2D eigenvalue weighted by molar-refractivity contribution is 5.94. The fourth-order valence-corrected chi connectivity index (χ4v) is 3.03. The van der Waals surface area contributed by atoms with Crippen molar-refractivity contribution in [3.8, 4) is 5.75 Å². The van der Waals surface area contributed by atoms with Gasteiger partial charge in [-0.2, -0.15) is 0 Å². The summed E-state index contributed by atoms with van der Waals surface area (Å²) in [6, 6.07) is 17.5. The van der Waals surface area contributed by atoms with Gasteiger partial charge in [-0.05, 0) is 49.9 Å². The summed E-state index contributed by atoms with van der Waals surface area (Å²) in [7, 11) is 2.15. The van der Waals surface area contributed by atoms with Crippen LogP contribution in [0.3, 0.4) is 0 Å². The molecule has 3 rings (SSSR count). The lowest BCUT2D eigenvalue weighted by atomic mass is 10.2. The summed E-state index contributed by atoms with van der Waals surface area (Å²) in [4.78, 5) is 17.2. The van der Waals surface area contributed by atoms with Crippen LogP contribution in [0.1, 0.15) is 13.3 Å². The molecule has 0 spiro atoms. The Labute approximate surface area is 155 Å². The number of benzene rings is 2. The van der Waals surface area contributed by atoms with Crippen LogP contribution in [0.2, 0.25) is 0 Å². The Hall–Kier alpha value is -2.53. The smallest absolute Gasteiger partial charge is 0.265 e. The fourth-order valence-electron chi connectivity index (χ4n) is 3.03. The summed E-state index contributed by atoms with van der Waals surface area (Å²) in [5.74, 6) is 0.587. The van der Waals surface area contributed by atoms with E-state index in [1.165, 1.54) is 5.69 Å². The Morgan fingerprint density at radius 3 is 2.31 bits per heavy atom. The van der Waals surface area contributed by atoms with E-state index in [2.05, 4.69) is 34.3 Å². The van der Waals surface area contributed by atoms with E-state index in [0.29, 0.717) is 12.2 Å². The lowest BCUT2D eigenvalue weighted by Gasteiger charge is -2.34.